The summed E-state index contributed by atoms with van der Waals surface area (Å²) in [4.78, 5) is 24.7. The van der Waals surface area contributed by atoms with Gasteiger partial charge in [-0.3, -0.25) is 14.5 Å². The molecule has 0 unspecified atom stereocenters. The Morgan fingerprint density at radius 1 is 1.19 bits per heavy atom. The smallest absolute Gasteiger partial charge is 0.317 e. The normalized spacial score (nSPS) is 16.8. The first kappa shape index (κ1) is 14.1. The van der Waals surface area contributed by atoms with E-state index < -0.39 is 5.97 Å². The van der Waals surface area contributed by atoms with Crippen LogP contribution in [0.5, 0.6) is 0 Å². The third kappa shape index (κ3) is 3.61. The fourth-order valence-electron chi connectivity index (χ4n) is 2.96. The molecule has 1 aromatic carbocycles. The van der Waals surface area contributed by atoms with Gasteiger partial charge in [-0.05, 0) is 55.4 Å². The highest BCUT2D eigenvalue weighted by molar-refractivity contribution is 5.92. The van der Waals surface area contributed by atoms with E-state index in [0.29, 0.717) is 0 Å². The second-order valence-corrected chi connectivity index (χ2v) is 5.92. The molecule has 0 aliphatic heterocycles. The molecule has 0 heterocycles. The lowest BCUT2D eigenvalue weighted by Gasteiger charge is -2.19. The van der Waals surface area contributed by atoms with Gasteiger partial charge in [0.2, 0.25) is 5.91 Å². The maximum absolute atomic E-state index is 12.1. The molecule has 0 radical (unpaired) electrons. The summed E-state index contributed by atoms with van der Waals surface area (Å²) < 4.78 is 0. The molecule has 1 aromatic rings. The number of carbonyl (C=O) groups excluding carboxylic acids is 1. The zero-order valence-electron chi connectivity index (χ0n) is 12.0. The van der Waals surface area contributed by atoms with Crippen LogP contribution in [0.25, 0.3) is 0 Å². The largest absolute Gasteiger partial charge is 0.480 e. The molecule has 2 aliphatic carbocycles. The number of hydrogen-bond acceptors (Lipinski definition) is 3. The number of rotatable bonds is 6. The summed E-state index contributed by atoms with van der Waals surface area (Å²) in [6.07, 6.45) is 5.35. The number of aryl methyl sites for hydroxylation is 2. The lowest BCUT2D eigenvalue weighted by atomic mass is 10.1. The van der Waals surface area contributed by atoms with Crippen LogP contribution in [0.1, 0.15) is 30.4 Å². The molecule has 2 N–H and O–H groups in total. The Kier molecular flexibility index (Phi) is 3.92. The van der Waals surface area contributed by atoms with Gasteiger partial charge in [-0.15, -0.1) is 0 Å². The number of anilines is 1. The van der Waals surface area contributed by atoms with Crippen molar-refractivity contribution in [2.75, 3.05) is 18.4 Å². The molecule has 1 amide bonds. The molecule has 2 aliphatic rings. The first-order valence-electron chi connectivity index (χ1n) is 7.49. The fourth-order valence-corrected chi connectivity index (χ4v) is 2.96. The minimum absolute atomic E-state index is 0.0672. The molecule has 1 fully saturated rings. The molecule has 0 bridgehead atoms. The number of amides is 1. The molecular formula is C16H20N2O3. The van der Waals surface area contributed by atoms with Gasteiger partial charge in [0.1, 0.15) is 0 Å². The van der Waals surface area contributed by atoms with E-state index in [1.54, 1.807) is 4.90 Å². The standard InChI is InChI=1S/C16H20N2O3/c19-15(9-18(10-16(20)21)14-6-7-14)17-13-5-4-11-2-1-3-12(11)8-13/h4-5,8,14H,1-3,6-7,9-10H2,(H,17,19)(H,20,21). The summed E-state index contributed by atoms with van der Waals surface area (Å²) >= 11 is 0. The number of carboxylic acid groups (broad SMARTS) is 1. The van der Waals surface area contributed by atoms with Crippen molar-refractivity contribution in [2.24, 2.45) is 0 Å². The number of aliphatic carboxylic acids is 1. The molecule has 21 heavy (non-hydrogen) atoms. The Morgan fingerprint density at radius 3 is 2.67 bits per heavy atom. The number of fused-ring (bicyclic) bond motifs is 1. The van der Waals surface area contributed by atoms with Gasteiger partial charge in [0, 0.05) is 11.7 Å². The van der Waals surface area contributed by atoms with Crippen LogP contribution in [0.2, 0.25) is 0 Å². The van der Waals surface area contributed by atoms with Gasteiger partial charge in [0.05, 0.1) is 13.1 Å². The van der Waals surface area contributed by atoms with Crippen molar-refractivity contribution in [1.82, 2.24) is 4.90 Å². The van der Waals surface area contributed by atoms with E-state index in [2.05, 4.69) is 11.4 Å². The Morgan fingerprint density at radius 2 is 1.95 bits per heavy atom. The predicted molar refractivity (Wildman–Crippen MR) is 79.3 cm³/mol. The molecule has 0 saturated heterocycles. The fraction of sp³-hybridized carbons (Fsp3) is 0.500. The number of carboxylic acids is 1. The van der Waals surface area contributed by atoms with Gasteiger partial charge < -0.3 is 10.4 Å². The lowest BCUT2D eigenvalue weighted by Crippen LogP contribution is -2.38. The Bertz CT molecular complexity index is 567. The average Bonchev–Trinajstić information content (AvgIpc) is 3.16. The van der Waals surface area contributed by atoms with Gasteiger partial charge in [0.25, 0.3) is 0 Å². The molecule has 0 aromatic heterocycles. The molecule has 5 heteroatoms. The zero-order chi connectivity index (χ0) is 14.8. The minimum atomic E-state index is -0.882. The van der Waals surface area contributed by atoms with E-state index in [4.69, 9.17) is 5.11 Å². The molecule has 0 atom stereocenters. The van der Waals surface area contributed by atoms with Crippen LogP contribution in [-0.2, 0) is 22.4 Å². The molecule has 3 rings (SSSR count). The Balaban J connectivity index is 1.59. The van der Waals surface area contributed by atoms with Crippen LogP contribution >= 0.6 is 0 Å². The van der Waals surface area contributed by atoms with Crippen LogP contribution < -0.4 is 5.32 Å². The third-order valence-electron chi connectivity index (χ3n) is 4.13. The maximum Gasteiger partial charge on any atom is 0.317 e. The summed E-state index contributed by atoms with van der Waals surface area (Å²) in [5, 5.41) is 11.8. The van der Waals surface area contributed by atoms with E-state index in [-0.39, 0.29) is 25.0 Å². The van der Waals surface area contributed by atoms with Crippen molar-refractivity contribution in [3.05, 3.63) is 29.3 Å². The van der Waals surface area contributed by atoms with Crippen molar-refractivity contribution in [3.63, 3.8) is 0 Å². The average molecular weight is 288 g/mol. The van der Waals surface area contributed by atoms with Crippen LogP contribution in [0.3, 0.4) is 0 Å². The quantitative estimate of drug-likeness (QED) is 0.835. The molecule has 0 spiro atoms. The van der Waals surface area contributed by atoms with E-state index in [1.807, 2.05) is 12.1 Å². The van der Waals surface area contributed by atoms with Gasteiger partial charge >= 0.3 is 5.97 Å². The topological polar surface area (TPSA) is 69.6 Å². The van der Waals surface area contributed by atoms with Crippen LogP contribution in [0.4, 0.5) is 5.69 Å². The number of nitrogens with one attached hydrogen (secondary N) is 1. The zero-order valence-corrected chi connectivity index (χ0v) is 12.0. The molecule has 112 valence electrons. The first-order valence-corrected chi connectivity index (χ1v) is 7.49. The summed E-state index contributed by atoms with van der Waals surface area (Å²) in [7, 11) is 0. The Labute approximate surface area is 123 Å². The number of carbonyl (C=O) groups is 2. The van der Waals surface area contributed by atoms with E-state index >= 15 is 0 Å². The number of hydrogen-bond donors (Lipinski definition) is 2. The summed E-state index contributed by atoms with van der Waals surface area (Å²) in [6.45, 7) is 0.0797. The van der Waals surface area contributed by atoms with Crippen molar-refractivity contribution < 1.29 is 14.7 Å². The number of benzene rings is 1. The van der Waals surface area contributed by atoms with E-state index in [0.717, 1.165) is 31.4 Å². The van der Waals surface area contributed by atoms with Crippen molar-refractivity contribution >= 4 is 17.6 Å². The number of nitrogens with zero attached hydrogens (tertiary/aromatic N) is 1. The van der Waals surface area contributed by atoms with Gasteiger partial charge in [0.15, 0.2) is 0 Å². The summed E-state index contributed by atoms with van der Waals surface area (Å²) in [6, 6.07) is 6.31. The van der Waals surface area contributed by atoms with E-state index in [1.165, 1.54) is 17.5 Å². The van der Waals surface area contributed by atoms with Crippen LogP contribution in [-0.4, -0.2) is 41.0 Å². The molecular weight excluding hydrogens is 268 g/mol. The van der Waals surface area contributed by atoms with Crippen molar-refractivity contribution in [2.45, 2.75) is 38.1 Å². The van der Waals surface area contributed by atoms with Gasteiger partial charge in [-0.2, -0.15) is 0 Å². The first-order chi connectivity index (χ1) is 10.1. The minimum Gasteiger partial charge on any atom is -0.480 e. The van der Waals surface area contributed by atoms with Crippen molar-refractivity contribution in [1.29, 1.82) is 0 Å². The summed E-state index contributed by atoms with van der Waals surface area (Å²) in [5.41, 5.74) is 3.50. The SMILES string of the molecule is O=C(O)CN(CC(=O)Nc1ccc2c(c1)CCC2)C1CC1. The highest BCUT2D eigenvalue weighted by atomic mass is 16.4. The summed E-state index contributed by atoms with van der Waals surface area (Å²) in [5.74, 6) is -1.02. The van der Waals surface area contributed by atoms with E-state index in [9.17, 15) is 9.59 Å². The molecule has 1 saturated carbocycles. The second-order valence-electron chi connectivity index (χ2n) is 5.92. The monoisotopic (exact) mass is 288 g/mol. The second kappa shape index (κ2) is 5.85. The Hall–Kier alpha value is -1.88. The third-order valence-corrected chi connectivity index (χ3v) is 4.13. The van der Waals surface area contributed by atoms with Gasteiger partial charge in [-0.25, -0.2) is 0 Å². The maximum atomic E-state index is 12.1. The van der Waals surface area contributed by atoms with Crippen LogP contribution in [0, 0.1) is 0 Å². The predicted octanol–water partition coefficient (Wildman–Crippen LogP) is 1.66. The van der Waals surface area contributed by atoms with Gasteiger partial charge in [-0.1, -0.05) is 6.07 Å². The highest BCUT2D eigenvalue weighted by Crippen LogP contribution is 2.27. The van der Waals surface area contributed by atoms with Crippen LogP contribution in [0.15, 0.2) is 18.2 Å². The molecule has 5 nitrogen and oxygen atoms in total. The lowest BCUT2D eigenvalue weighted by molar-refractivity contribution is -0.138. The van der Waals surface area contributed by atoms with Crippen molar-refractivity contribution in [3.8, 4) is 0 Å². The highest BCUT2D eigenvalue weighted by Gasteiger charge is 2.31.